The maximum Gasteiger partial charge on any atom is 0.260 e. The Morgan fingerprint density at radius 3 is 3.00 bits per heavy atom. The second kappa shape index (κ2) is 6.70. The number of aryl methyl sites for hydroxylation is 1. The molecule has 0 aromatic carbocycles. The van der Waals surface area contributed by atoms with Crippen molar-refractivity contribution >= 4 is 29.0 Å². The van der Waals surface area contributed by atoms with Gasteiger partial charge in [0.25, 0.3) is 5.56 Å². The van der Waals surface area contributed by atoms with Gasteiger partial charge in [-0.2, -0.15) is 11.8 Å². The topological polar surface area (TPSA) is 48.0 Å². The Labute approximate surface area is 105 Å². The zero-order valence-electron chi connectivity index (χ0n) is 9.31. The largest absolute Gasteiger partial charge is 0.389 e. The van der Waals surface area contributed by atoms with E-state index >= 15 is 0 Å². The fraction of sp³-hybridized carbons (Fsp3) is 0.455. The normalized spacial score (nSPS) is 10.3. The predicted molar refractivity (Wildman–Crippen MR) is 74.2 cm³/mol. The highest BCUT2D eigenvalue weighted by atomic mass is 32.2. The van der Waals surface area contributed by atoms with Crippen LogP contribution >= 0.6 is 24.0 Å². The van der Waals surface area contributed by atoms with Crippen LogP contribution in [0.2, 0.25) is 0 Å². The molecule has 0 bridgehead atoms. The van der Waals surface area contributed by atoms with E-state index in [4.69, 9.17) is 18.0 Å². The maximum atomic E-state index is 11.9. The molecular formula is C11H16N2OS2. The van der Waals surface area contributed by atoms with Gasteiger partial charge in [-0.1, -0.05) is 19.1 Å². The van der Waals surface area contributed by atoms with Gasteiger partial charge < -0.3 is 10.3 Å². The van der Waals surface area contributed by atoms with E-state index in [9.17, 15) is 4.79 Å². The summed E-state index contributed by atoms with van der Waals surface area (Å²) in [7, 11) is 0. The number of nitrogens with two attached hydrogens (primary N) is 1. The molecular weight excluding hydrogens is 240 g/mol. The summed E-state index contributed by atoms with van der Waals surface area (Å²) in [6.07, 6.45) is 2.76. The Bertz CT molecular complexity index is 415. The predicted octanol–water partition coefficient (Wildman–Crippen LogP) is 1.63. The van der Waals surface area contributed by atoms with Gasteiger partial charge in [-0.05, 0) is 30.1 Å². The first-order chi connectivity index (χ1) is 7.66. The van der Waals surface area contributed by atoms with Gasteiger partial charge in [0.15, 0.2) is 0 Å². The van der Waals surface area contributed by atoms with Crippen LogP contribution in [0.25, 0.3) is 0 Å². The highest BCUT2D eigenvalue weighted by Crippen LogP contribution is 2.02. The summed E-state index contributed by atoms with van der Waals surface area (Å²) < 4.78 is 1.67. The Hall–Kier alpha value is -0.810. The molecule has 88 valence electrons. The summed E-state index contributed by atoms with van der Waals surface area (Å²) >= 11 is 6.70. The summed E-state index contributed by atoms with van der Waals surface area (Å²) in [5.74, 6) is 2.18. The van der Waals surface area contributed by atoms with Gasteiger partial charge in [0, 0.05) is 12.7 Å². The number of rotatable bonds is 6. The number of hydrogen-bond donors (Lipinski definition) is 1. The van der Waals surface area contributed by atoms with Crippen LogP contribution in [-0.4, -0.2) is 21.1 Å². The molecule has 3 nitrogen and oxygen atoms in total. The van der Waals surface area contributed by atoms with Crippen molar-refractivity contribution in [1.82, 2.24) is 4.57 Å². The van der Waals surface area contributed by atoms with E-state index in [1.165, 1.54) is 0 Å². The summed E-state index contributed by atoms with van der Waals surface area (Å²) in [5.41, 5.74) is 5.82. The first kappa shape index (κ1) is 13.3. The molecule has 0 atom stereocenters. The van der Waals surface area contributed by atoms with Crippen LogP contribution < -0.4 is 11.3 Å². The lowest BCUT2D eigenvalue weighted by atomic mass is 10.2. The van der Waals surface area contributed by atoms with E-state index in [2.05, 4.69) is 6.92 Å². The molecule has 0 amide bonds. The summed E-state index contributed by atoms with van der Waals surface area (Å²) in [5, 5.41) is 0. The van der Waals surface area contributed by atoms with Crippen molar-refractivity contribution in [2.24, 2.45) is 5.73 Å². The fourth-order valence-corrected chi connectivity index (χ4v) is 2.16. The highest BCUT2D eigenvalue weighted by Gasteiger charge is 2.04. The zero-order chi connectivity index (χ0) is 12.0. The van der Waals surface area contributed by atoms with Crippen molar-refractivity contribution in [3.8, 4) is 0 Å². The molecule has 0 saturated carbocycles. The number of thiocarbonyl (C=S) groups is 1. The minimum absolute atomic E-state index is 0.0866. The molecule has 0 aliphatic heterocycles. The molecule has 1 heterocycles. The Kier molecular flexibility index (Phi) is 5.55. The van der Waals surface area contributed by atoms with Crippen molar-refractivity contribution < 1.29 is 0 Å². The number of hydrogen-bond acceptors (Lipinski definition) is 3. The standard InChI is InChI=1S/C11H16N2OS2/c1-2-16-8-4-7-13-6-3-5-9(10(12)15)11(13)14/h3,5-6H,2,4,7-8H2,1H3,(H2,12,15). The third-order valence-corrected chi connectivity index (χ3v) is 3.38. The van der Waals surface area contributed by atoms with Gasteiger partial charge >= 0.3 is 0 Å². The van der Waals surface area contributed by atoms with Crippen molar-refractivity contribution in [1.29, 1.82) is 0 Å². The van der Waals surface area contributed by atoms with Crippen molar-refractivity contribution in [2.75, 3.05) is 11.5 Å². The molecule has 5 heteroatoms. The summed E-state index contributed by atoms with van der Waals surface area (Å²) in [4.78, 5) is 12.0. The molecule has 1 rings (SSSR count). The average molecular weight is 256 g/mol. The molecule has 0 aliphatic rings. The zero-order valence-corrected chi connectivity index (χ0v) is 10.9. The van der Waals surface area contributed by atoms with Gasteiger partial charge in [0.2, 0.25) is 0 Å². The van der Waals surface area contributed by atoms with E-state index in [1.54, 1.807) is 16.8 Å². The lowest BCUT2D eigenvalue weighted by Gasteiger charge is -2.06. The lowest BCUT2D eigenvalue weighted by molar-refractivity contribution is 0.658. The second-order valence-electron chi connectivity index (χ2n) is 3.34. The monoisotopic (exact) mass is 256 g/mol. The van der Waals surface area contributed by atoms with Crippen molar-refractivity contribution in [2.45, 2.75) is 19.9 Å². The van der Waals surface area contributed by atoms with Gasteiger partial charge in [-0.25, -0.2) is 0 Å². The van der Waals surface area contributed by atoms with Gasteiger partial charge in [0.1, 0.15) is 4.99 Å². The average Bonchev–Trinajstić information content (AvgIpc) is 2.26. The molecule has 1 aromatic heterocycles. The number of pyridine rings is 1. The number of thioether (sulfide) groups is 1. The van der Waals surface area contributed by atoms with Crippen molar-refractivity contribution in [3.63, 3.8) is 0 Å². The van der Waals surface area contributed by atoms with Crippen LogP contribution in [0.15, 0.2) is 23.1 Å². The molecule has 1 aromatic rings. The molecule has 0 fully saturated rings. The van der Waals surface area contributed by atoms with Gasteiger partial charge in [-0.15, -0.1) is 0 Å². The molecule has 0 radical (unpaired) electrons. The Morgan fingerprint density at radius 1 is 1.62 bits per heavy atom. The first-order valence-electron chi connectivity index (χ1n) is 5.23. The van der Waals surface area contributed by atoms with Crippen LogP contribution in [0.1, 0.15) is 18.9 Å². The Morgan fingerprint density at radius 2 is 2.38 bits per heavy atom. The van der Waals surface area contributed by atoms with Crippen molar-refractivity contribution in [3.05, 3.63) is 34.2 Å². The number of aromatic nitrogens is 1. The smallest absolute Gasteiger partial charge is 0.260 e. The minimum Gasteiger partial charge on any atom is -0.389 e. The molecule has 0 spiro atoms. The fourth-order valence-electron chi connectivity index (χ4n) is 1.38. The molecule has 0 saturated heterocycles. The van der Waals surface area contributed by atoms with E-state index in [-0.39, 0.29) is 10.5 Å². The molecule has 2 N–H and O–H groups in total. The van der Waals surface area contributed by atoms with Crippen LogP contribution in [0, 0.1) is 0 Å². The van der Waals surface area contributed by atoms with E-state index < -0.39 is 0 Å². The van der Waals surface area contributed by atoms with Crippen LogP contribution in [-0.2, 0) is 6.54 Å². The molecule has 0 unspecified atom stereocenters. The quantitative estimate of drug-likeness (QED) is 0.621. The molecule has 0 aliphatic carbocycles. The van der Waals surface area contributed by atoms with E-state index in [1.807, 2.05) is 17.8 Å². The van der Waals surface area contributed by atoms with E-state index in [0.29, 0.717) is 5.56 Å². The van der Waals surface area contributed by atoms with Crippen LogP contribution in [0.5, 0.6) is 0 Å². The molecule has 16 heavy (non-hydrogen) atoms. The highest BCUT2D eigenvalue weighted by molar-refractivity contribution is 7.99. The van der Waals surface area contributed by atoms with Crippen LogP contribution in [0.3, 0.4) is 0 Å². The maximum absolute atomic E-state index is 11.9. The lowest BCUT2D eigenvalue weighted by Crippen LogP contribution is -2.28. The SMILES string of the molecule is CCSCCCn1cccc(C(N)=S)c1=O. The number of nitrogens with zero attached hydrogens (tertiary/aromatic N) is 1. The van der Waals surface area contributed by atoms with Gasteiger partial charge in [0.05, 0.1) is 5.56 Å². The third-order valence-electron chi connectivity index (χ3n) is 2.18. The Balaban J connectivity index is 2.70. The van der Waals surface area contributed by atoms with Crippen LogP contribution in [0.4, 0.5) is 0 Å². The second-order valence-corrected chi connectivity index (χ2v) is 5.17. The minimum atomic E-state index is -0.0866. The first-order valence-corrected chi connectivity index (χ1v) is 6.80. The van der Waals surface area contributed by atoms with E-state index in [0.717, 1.165) is 24.5 Å². The van der Waals surface area contributed by atoms with Gasteiger partial charge in [-0.3, -0.25) is 4.79 Å². The summed E-state index contributed by atoms with van der Waals surface area (Å²) in [6.45, 7) is 2.85. The third kappa shape index (κ3) is 3.64. The summed E-state index contributed by atoms with van der Waals surface area (Å²) in [6, 6.07) is 3.48.